The smallest absolute Gasteiger partial charge is 0.132 e. The van der Waals surface area contributed by atoms with Crippen molar-refractivity contribution in [2.45, 2.75) is 26.4 Å². The number of hydrogen-bond donors (Lipinski definition) is 1. The lowest BCUT2D eigenvalue weighted by molar-refractivity contribution is 0.155. The third kappa shape index (κ3) is 2.10. The monoisotopic (exact) mass is 308 g/mol. The van der Waals surface area contributed by atoms with Crippen molar-refractivity contribution in [3.63, 3.8) is 0 Å². The van der Waals surface area contributed by atoms with Gasteiger partial charge >= 0.3 is 0 Å². The maximum Gasteiger partial charge on any atom is 0.132 e. The van der Waals surface area contributed by atoms with E-state index in [1.54, 1.807) is 7.11 Å². The van der Waals surface area contributed by atoms with Crippen molar-refractivity contribution >= 4 is 39.0 Å². The van der Waals surface area contributed by atoms with E-state index in [0.29, 0.717) is 5.82 Å². The molecule has 0 fully saturated rings. The van der Waals surface area contributed by atoms with Crippen molar-refractivity contribution in [2.24, 2.45) is 0 Å². The van der Waals surface area contributed by atoms with Gasteiger partial charge in [-0.1, -0.05) is 6.58 Å². The molecule has 0 aliphatic heterocycles. The summed E-state index contributed by atoms with van der Waals surface area (Å²) in [6.45, 7) is 7.95. The Morgan fingerprint density at radius 2 is 2.28 bits per heavy atom. The summed E-state index contributed by atoms with van der Waals surface area (Å²) >= 11 is 3.62. The van der Waals surface area contributed by atoms with Crippen molar-refractivity contribution in [1.82, 2.24) is 4.98 Å². The van der Waals surface area contributed by atoms with Gasteiger partial charge < -0.3 is 10.5 Å². The average molecular weight is 309 g/mol. The summed E-state index contributed by atoms with van der Waals surface area (Å²) in [5.41, 5.74) is 9.00. The number of allylic oxidation sites excluding steroid dienone is 1. The molecule has 4 heteroatoms. The molecule has 1 unspecified atom stereocenters. The van der Waals surface area contributed by atoms with Gasteiger partial charge in [0.05, 0.1) is 11.5 Å². The van der Waals surface area contributed by atoms with Gasteiger partial charge in [-0.15, -0.1) is 0 Å². The Labute approximate surface area is 115 Å². The third-order valence-electron chi connectivity index (χ3n) is 3.19. The third-order valence-corrected chi connectivity index (χ3v) is 4.02. The summed E-state index contributed by atoms with van der Waals surface area (Å²) in [7, 11) is 1.72. The van der Waals surface area contributed by atoms with E-state index in [1.165, 1.54) is 5.57 Å². The van der Waals surface area contributed by atoms with Gasteiger partial charge in [-0.05, 0) is 47.0 Å². The highest BCUT2D eigenvalue weighted by Gasteiger charge is 2.17. The lowest BCUT2D eigenvalue weighted by Crippen LogP contribution is -2.38. The molecule has 1 aliphatic rings. The van der Waals surface area contributed by atoms with Gasteiger partial charge in [0.15, 0.2) is 0 Å². The highest BCUT2D eigenvalue weighted by atomic mass is 79.9. The number of nitrogen functional groups attached to an aromatic ring is 1. The van der Waals surface area contributed by atoms with Crippen LogP contribution in [0.1, 0.15) is 25.8 Å². The fraction of sp³-hybridized carbons (Fsp3) is 0.357. The van der Waals surface area contributed by atoms with E-state index in [9.17, 15) is 0 Å². The molecule has 0 saturated carbocycles. The van der Waals surface area contributed by atoms with Crippen LogP contribution in [0.2, 0.25) is 0 Å². The second kappa shape index (κ2) is 4.86. The summed E-state index contributed by atoms with van der Waals surface area (Å²) in [6, 6.07) is 0. The van der Waals surface area contributed by atoms with Gasteiger partial charge in [-0.2, -0.15) is 0 Å². The van der Waals surface area contributed by atoms with Gasteiger partial charge in [0, 0.05) is 28.8 Å². The van der Waals surface area contributed by atoms with Crippen LogP contribution in [0.15, 0.2) is 11.1 Å². The Morgan fingerprint density at radius 3 is 2.83 bits per heavy atom. The molecular formula is C14H17BrN2O. The molecule has 1 aromatic rings. The minimum absolute atomic E-state index is 0.0946. The van der Waals surface area contributed by atoms with Crippen LogP contribution in [0.25, 0.3) is 17.2 Å². The minimum Gasteiger partial charge on any atom is -0.383 e. The quantitative estimate of drug-likeness (QED) is 0.907. The SMILES string of the molecule is C=C(C)c1c(N)nc2c(c1Br)=CC(OC)CC=2C. The normalized spacial score (nSPS) is 18.2. The molecule has 1 aromatic heterocycles. The molecule has 2 N–H and O–H groups in total. The summed E-state index contributed by atoms with van der Waals surface area (Å²) in [5.74, 6) is 0.525. The maximum absolute atomic E-state index is 6.02. The number of ether oxygens (including phenoxy) is 1. The van der Waals surface area contributed by atoms with Crippen molar-refractivity contribution < 1.29 is 4.74 Å². The Hall–Kier alpha value is -1.13. The number of anilines is 1. The second-order valence-corrected chi connectivity index (χ2v) is 5.45. The van der Waals surface area contributed by atoms with Gasteiger partial charge in [0.1, 0.15) is 5.82 Å². The first kappa shape index (κ1) is 13.3. The van der Waals surface area contributed by atoms with Crippen LogP contribution in [-0.2, 0) is 4.74 Å². The van der Waals surface area contributed by atoms with E-state index in [0.717, 1.165) is 32.6 Å². The number of nitrogens with zero attached hydrogens (tertiary/aromatic N) is 1. The minimum atomic E-state index is 0.0946. The molecule has 2 rings (SSSR count). The number of aromatic nitrogens is 1. The Balaban J connectivity index is 2.87. The molecule has 1 aliphatic carbocycles. The number of fused-ring (bicyclic) bond motifs is 1. The molecule has 0 saturated heterocycles. The molecule has 0 aromatic carbocycles. The van der Waals surface area contributed by atoms with Crippen LogP contribution in [0.3, 0.4) is 0 Å². The van der Waals surface area contributed by atoms with Crippen LogP contribution in [-0.4, -0.2) is 18.2 Å². The summed E-state index contributed by atoms with van der Waals surface area (Å²) in [6.07, 6.45) is 3.04. The second-order valence-electron chi connectivity index (χ2n) is 4.65. The van der Waals surface area contributed by atoms with E-state index in [-0.39, 0.29) is 6.10 Å². The fourth-order valence-electron chi connectivity index (χ4n) is 2.27. The van der Waals surface area contributed by atoms with Crippen LogP contribution >= 0.6 is 15.9 Å². The standard InChI is InChI=1S/C14H17BrN2O/c1-7(2)11-12(15)10-6-9(18-4)5-8(3)13(10)17-14(11)16/h6,9H,1,5H2,2-4H3,(H2,16,17). The Kier molecular flexibility index (Phi) is 3.59. The number of halogens is 1. The van der Waals surface area contributed by atoms with Crippen molar-refractivity contribution in [2.75, 3.05) is 12.8 Å². The molecule has 18 heavy (non-hydrogen) atoms. The van der Waals surface area contributed by atoms with Gasteiger partial charge in [0.25, 0.3) is 0 Å². The van der Waals surface area contributed by atoms with Gasteiger partial charge in [-0.3, -0.25) is 0 Å². The molecule has 0 radical (unpaired) electrons. The predicted octanol–water partition coefficient (Wildman–Crippen LogP) is 1.83. The number of rotatable bonds is 2. The first-order valence-electron chi connectivity index (χ1n) is 5.81. The lowest BCUT2D eigenvalue weighted by Gasteiger charge is -2.18. The average Bonchev–Trinajstić information content (AvgIpc) is 2.29. The van der Waals surface area contributed by atoms with Crippen LogP contribution in [0.5, 0.6) is 0 Å². The molecular weight excluding hydrogens is 292 g/mol. The highest BCUT2D eigenvalue weighted by Crippen LogP contribution is 2.24. The molecule has 1 heterocycles. The molecule has 3 nitrogen and oxygen atoms in total. The highest BCUT2D eigenvalue weighted by molar-refractivity contribution is 9.10. The first-order valence-corrected chi connectivity index (χ1v) is 6.60. The largest absolute Gasteiger partial charge is 0.383 e. The van der Waals surface area contributed by atoms with E-state index in [4.69, 9.17) is 10.5 Å². The first-order chi connectivity index (χ1) is 8.45. The van der Waals surface area contributed by atoms with E-state index in [1.807, 2.05) is 6.92 Å². The van der Waals surface area contributed by atoms with Crippen LogP contribution in [0, 0.1) is 0 Å². The molecule has 0 amide bonds. The van der Waals surface area contributed by atoms with E-state index >= 15 is 0 Å². The number of hydrogen-bond acceptors (Lipinski definition) is 3. The number of pyridine rings is 1. The van der Waals surface area contributed by atoms with Crippen LogP contribution < -0.4 is 16.3 Å². The zero-order valence-electron chi connectivity index (χ0n) is 10.9. The van der Waals surface area contributed by atoms with Crippen molar-refractivity contribution in [3.05, 3.63) is 27.2 Å². The summed E-state index contributed by atoms with van der Waals surface area (Å²) in [4.78, 5) is 4.51. The summed E-state index contributed by atoms with van der Waals surface area (Å²) < 4.78 is 6.38. The maximum atomic E-state index is 6.02. The zero-order valence-corrected chi connectivity index (χ0v) is 12.5. The molecule has 0 bridgehead atoms. The topological polar surface area (TPSA) is 48.1 Å². The van der Waals surface area contributed by atoms with E-state index in [2.05, 4.69) is 40.5 Å². The number of methoxy groups -OCH3 is 1. The van der Waals surface area contributed by atoms with E-state index < -0.39 is 0 Å². The fourth-order valence-corrected chi connectivity index (χ4v) is 3.13. The summed E-state index contributed by atoms with van der Waals surface area (Å²) in [5, 5.41) is 2.01. The van der Waals surface area contributed by atoms with Gasteiger partial charge in [-0.25, -0.2) is 4.98 Å². The molecule has 1 atom stereocenters. The van der Waals surface area contributed by atoms with Crippen molar-refractivity contribution in [1.29, 1.82) is 0 Å². The zero-order chi connectivity index (χ0) is 13.4. The lowest BCUT2D eigenvalue weighted by atomic mass is 9.99. The van der Waals surface area contributed by atoms with Gasteiger partial charge in [0.2, 0.25) is 0 Å². The van der Waals surface area contributed by atoms with Crippen LogP contribution in [0.4, 0.5) is 5.82 Å². The number of nitrogens with two attached hydrogens (primary N) is 1. The van der Waals surface area contributed by atoms with Crippen molar-refractivity contribution in [3.8, 4) is 0 Å². The predicted molar refractivity (Wildman–Crippen MR) is 79.3 cm³/mol. The molecule has 0 spiro atoms. The Bertz CT molecular complexity index is 634. The Morgan fingerprint density at radius 1 is 1.61 bits per heavy atom. The molecule has 96 valence electrons.